The van der Waals surface area contributed by atoms with E-state index in [2.05, 4.69) is 66.9 Å². The molecule has 3 aromatic rings. The molecule has 0 unspecified atom stereocenters. The Morgan fingerprint density at radius 1 is 1.03 bits per heavy atom. The number of allylic oxidation sites excluding steroid dienone is 2. The number of para-hydroxylation sites is 1. The number of carbonyl (C=O) groups excluding carboxylic acids is 1. The summed E-state index contributed by atoms with van der Waals surface area (Å²) in [6.07, 6.45) is 5.55. The molecule has 1 N–H and O–H groups in total. The van der Waals surface area contributed by atoms with Gasteiger partial charge in [-0.3, -0.25) is 0 Å². The number of ether oxygens (including phenoxy) is 2. The Morgan fingerprint density at radius 2 is 1.82 bits per heavy atom. The van der Waals surface area contributed by atoms with Crippen LogP contribution in [0.15, 0.2) is 78.9 Å². The van der Waals surface area contributed by atoms with Gasteiger partial charge in [0.05, 0.1) is 23.9 Å². The molecule has 0 radical (unpaired) electrons. The fraction of sp³-hybridized carbons (Fsp3) is 0.276. The van der Waals surface area contributed by atoms with E-state index in [9.17, 15) is 4.79 Å². The molecule has 1 aliphatic heterocycles. The summed E-state index contributed by atoms with van der Waals surface area (Å²) in [5.41, 5.74) is 6.27. The van der Waals surface area contributed by atoms with Gasteiger partial charge in [0.25, 0.3) is 0 Å². The Bertz CT molecular complexity index is 1160. The number of nitrogens with one attached hydrogen (secondary N) is 1. The highest BCUT2D eigenvalue weighted by atomic mass is 16.5. The SMILES string of the molecule is CCOC(=O)c1cccc2c1N[C@@H](c1ccc(OCc3ccc(C)cc3)cc1)[C@H]1CC=C[C@@H]21. The summed E-state index contributed by atoms with van der Waals surface area (Å²) in [4.78, 5) is 12.6. The maximum absolute atomic E-state index is 12.6. The normalized spacial score (nSPS) is 20.5. The van der Waals surface area contributed by atoms with Crippen LogP contribution in [0.4, 0.5) is 5.69 Å². The third kappa shape index (κ3) is 4.25. The van der Waals surface area contributed by atoms with E-state index in [4.69, 9.17) is 9.47 Å². The fourth-order valence-electron chi connectivity index (χ4n) is 4.95. The minimum atomic E-state index is -0.277. The Labute approximate surface area is 195 Å². The zero-order valence-electron chi connectivity index (χ0n) is 19.1. The van der Waals surface area contributed by atoms with E-state index in [0.29, 0.717) is 24.7 Å². The smallest absolute Gasteiger partial charge is 0.340 e. The maximum Gasteiger partial charge on any atom is 0.340 e. The van der Waals surface area contributed by atoms with Crippen LogP contribution in [0.25, 0.3) is 0 Å². The Hall–Kier alpha value is -3.53. The van der Waals surface area contributed by atoms with Crippen LogP contribution in [0.5, 0.6) is 5.75 Å². The lowest BCUT2D eigenvalue weighted by Crippen LogP contribution is -2.30. The summed E-state index contributed by atoms with van der Waals surface area (Å²) >= 11 is 0. The van der Waals surface area contributed by atoms with E-state index < -0.39 is 0 Å². The van der Waals surface area contributed by atoms with Gasteiger partial charge in [-0.2, -0.15) is 0 Å². The highest BCUT2D eigenvalue weighted by Gasteiger charge is 2.39. The van der Waals surface area contributed by atoms with Crippen molar-refractivity contribution in [2.75, 3.05) is 11.9 Å². The zero-order chi connectivity index (χ0) is 22.8. The molecule has 4 heteroatoms. The average Bonchev–Trinajstić information content (AvgIpc) is 3.34. The third-order valence-electron chi connectivity index (χ3n) is 6.66. The number of hydrogen-bond acceptors (Lipinski definition) is 4. The van der Waals surface area contributed by atoms with Crippen LogP contribution in [0.1, 0.15) is 57.9 Å². The number of carbonyl (C=O) groups is 1. The first-order valence-corrected chi connectivity index (χ1v) is 11.7. The molecule has 3 aromatic carbocycles. The highest BCUT2D eigenvalue weighted by Crippen LogP contribution is 2.50. The van der Waals surface area contributed by atoms with Gasteiger partial charge in [0.1, 0.15) is 12.4 Å². The van der Waals surface area contributed by atoms with Gasteiger partial charge in [0.15, 0.2) is 0 Å². The summed E-state index contributed by atoms with van der Waals surface area (Å²) < 4.78 is 11.3. The zero-order valence-corrected chi connectivity index (χ0v) is 19.1. The van der Waals surface area contributed by atoms with Crippen molar-refractivity contribution in [3.05, 3.63) is 107 Å². The summed E-state index contributed by atoms with van der Waals surface area (Å²) in [7, 11) is 0. The Morgan fingerprint density at radius 3 is 2.58 bits per heavy atom. The molecular weight excluding hydrogens is 410 g/mol. The third-order valence-corrected chi connectivity index (χ3v) is 6.66. The second kappa shape index (κ2) is 9.14. The standard InChI is InChI=1S/C29H29NO3/c1-3-32-29(31)26-9-5-8-25-23-6-4-7-24(23)27(30-28(25)26)21-14-16-22(17-15-21)33-18-20-12-10-19(2)11-13-20/h4-6,8-17,23-24,27,30H,3,7,18H2,1-2H3/t23-,24+,27+/m1/s1. The van der Waals surface area contributed by atoms with Crippen LogP contribution in [0.2, 0.25) is 0 Å². The fourth-order valence-corrected chi connectivity index (χ4v) is 4.95. The van der Waals surface area contributed by atoms with Crippen LogP contribution < -0.4 is 10.1 Å². The van der Waals surface area contributed by atoms with Gasteiger partial charge < -0.3 is 14.8 Å². The quantitative estimate of drug-likeness (QED) is 0.348. The molecule has 0 spiro atoms. The van der Waals surface area contributed by atoms with Gasteiger partial charge >= 0.3 is 5.97 Å². The van der Waals surface area contributed by atoms with Gasteiger partial charge in [0.2, 0.25) is 0 Å². The molecule has 1 heterocycles. The van der Waals surface area contributed by atoms with Crippen molar-refractivity contribution in [3.8, 4) is 5.75 Å². The molecule has 2 aliphatic rings. The molecule has 1 aliphatic carbocycles. The topological polar surface area (TPSA) is 47.6 Å². The number of rotatable bonds is 6. The molecular formula is C29H29NO3. The number of fused-ring (bicyclic) bond motifs is 3. The first kappa shape index (κ1) is 21.3. The van der Waals surface area contributed by atoms with Crippen molar-refractivity contribution in [1.29, 1.82) is 0 Å². The molecule has 0 amide bonds. The van der Waals surface area contributed by atoms with Gasteiger partial charge in [-0.05, 0) is 61.1 Å². The van der Waals surface area contributed by atoms with Crippen LogP contribution in [0, 0.1) is 12.8 Å². The van der Waals surface area contributed by atoms with E-state index in [1.807, 2.05) is 31.2 Å². The average molecular weight is 440 g/mol. The lowest BCUT2D eigenvalue weighted by molar-refractivity contribution is 0.0527. The number of aryl methyl sites for hydroxylation is 1. The molecule has 0 saturated heterocycles. The molecule has 33 heavy (non-hydrogen) atoms. The first-order valence-electron chi connectivity index (χ1n) is 11.7. The minimum Gasteiger partial charge on any atom is -0.489 e. The molecule has 5 rings (SSSR count). The number of hydrogen-bond donors (Lipinski definition) is 1. The molecule has 168 valence electrons. The maximum atomic E-state index is 12.6. The van der Waals surface area contributed by atoms with Crippen LogP contribution in [-0.2, 0) is 11.3 Å². The predicted molar refractivity (Wildman–Crippen MR) is 131 cm³/mol. The first-order chi connectivity index (χ1) is 16.1. The molecule has 0 fully saturated rings. The van der Waals surface area contributed by atoms with Crippen LogP contribution in [-0.4, -0.2) is 12.6 Å². The molecule has 3 atom stereocenters. The summed E-state index contributed by atoms with van der Waals surface area (Å²) in [5.74, 6) is 1.28. The van der Waals surface area contributed by atoms with E-state index in [0.717, 1.165) is 23.4 Å². The molecule has 0 aromatic heterocycles. The summed E-state index contributed by atoms with van der Waals surface area (Å²) in [6.45, 7) is 4.83. The summed E-state index contributed by atoms with van der Waals surface area (Å²) in [5, 5.41) is 3.69. The Balaban J connectivity index is 1.37. The van der Waals surface area contributed by atoms with Crippen molar-refractivity contribution < 1.29 is 14.3 Å². The van der Waals surface area contributed by atoms with Gasteiger partial charge in [-0.25, -0.2) is 4.79 Å². The van der Waals surface area contributed by atoms with E-state index in [-0.39, 0.29) is 17.9 Å². The van der Waals surface area contributed by atoms with E-state index in [1.165, 1.54) is 16.7 Å². The van der Waals surface area contributed by atoms with Gasteiger partial charge in [-0.15, -0.1) is 0 Å². The second-order valence-electron chi connectivity index (χ2n) is 8.81. The predicted octanol–water partition coefficient (Wildman–Crippen LogP) is 6.58. The molecule has 4 nitrogen and oxygen atoms in total. The van der Waals surface area contributed by atoms with Crippen molar-refractivity contribution in [3.63, 3.8) is 0 Å². The monoisotopic (exact) mass is 439 g/mol. The van der Waals surface area contributed by atoms with E-state index >= 15 is 0 Å². The van der Waals surface area contributed by atoms with Crippen LogP contribution >= 0.6 is 0 Å². The number of esters is 1. The van der Waals surface area contributed by atoms with E-state index in [1.54, 1.807) is 0 Å². The molecule has 0 bridgehead atoms. The minimum absolute atomic E-state index is 0.110. The lowest BCUT2D eigenvalue weighted by Gasteiger charge is -2.38. The van der Waals surface area contributed by atoms with Crippen molar-refractivity contribution in [2.45, 2.75) is 38.8 Å². The van der Waals surface area contributed by atoms with Crippen LogP contribution in [0.3, 0.4) is 0 Å². The number of anilines is 1. The highest BCUT2D eigenvalue weighted by molar-refractivity contribution is 5.97. The van der Waals surface area contributed by atoms with Crippen molar-refractivity contribution >= 4 is 11.7 Å². The lowest BCUT2D eigenvalue weighted by atomic mass is 9.76. The largest absolute Gasteiger partial charge is 0.489 e. The number of benzene rings is 3. The molecule has 0 saturated carbocycles. The van der Waals surface area contributed by atoms with Crippen molar-refractivity contribution in [1.82, 2.24) is 0 Å². The van der Waals surface area contributed by atoms with Gasteiger partial charge in [0, 0.05) is 5.92 Å². The summed E-state index contributed by atoms with van der Waals surface area (Å²) in [6, 6.07) is 22.8. The van der Waals surface area contributed by atoms with Crippen molar-refractivity contribution in [2.24, 2.45) is 5.92 Å². The second-order valence-corrected chi connectivity index (χ2v) is 8.81. The van der Waals surface area contributed by atoms with Gasteiger partial charge in [-0.1, -0.05) is 66.2 Å². The Kier molecular flexibility index (Phi) is 5.91.